The van der Waals surface area contributed by atoms with E-state index in [4.69, 9.17) is 5.11 Å². The summed E-state index contributed by atoms with van der Waals surface area (Å²) in [7, 11) is -8.81. The second-order valence-corrected chi connectivity index (χ2v) is 9.86. The monoisotopic (exact) mass is 460 g/mol. The van der Waals surface area contributed by atoms with Crippen molar-refractivity contribution in [3.05, 3.63) is 60.7 Å². The summed E-state index contributed by atoms with van der Waals surface area (Å²) >= 11 is 0. The molecule has 29 heavy (non-hydrogen) atoms. The molecule has 0 fully saturated rings. The van der Waals surface area contributed by atoms with Gasteiger partial charge >= 0.3 is 51.4 Å². The molecule has 3 rings (SSSR count). The third-order valence-electron chi connectivity index (χ3n) is 4.36. The zero-order chi connectivity index (χ0) is 20.4. The van der Waals surface area contributed by atoms with E-state index in [9.17, 15) is 21.4 Å². The maximum absolute atomic E-state index is 12.7. The summed E-state index contributed by atoms with van der Waals surface area (Å²) in [6.45, 7) is -0.592. The molecular formula is C18H17KN2O6S2. The molecule has 2 aromatic rings. The molecule has 2 aromatic carbocycles. The molecule has 0 amide bonds. The molecule has 0 aliphatic heterocycles. The van der Waals surface area contributed by atoms with Gasteiger partial charge in [-0.05, 0) is 17.5 Å². The minimum Gasteiger partial charge on any atom is -0.744 e. The van der Waals surface area contributed by atoms with Gasteiger partial charge in [-0.1, -0.05) is 48.6 Å². The van der Waals surface area contributed by atoms with Gasteiger partial charge in [0.15, 0.2) is 9.84 Å². The smallest absolute Gasteiger partial charge is 0.744 e. The number of nitrogens with zero attached hydrogens (tertiary/aromatic N) is 2. The number of benzene rings is 2. The van der Waals surface area contributed by atoms with Gasteiger partial charge in [0.25, 0.3) is 0 Å². The van der Waals surface area contributed by atoms with Gasteiger partial charge in [0.05, 0.1) is 17.3 Å². The second kappa shape index (κ2) is 9.58. The SMILES string of the molecule is O=S(=O)([O-])c1ccc2ccccc2c1N=NC1(S(=O)(=O)CCO)C=CC=CC1.[K+]. The first kappa shape index (κ1) is 24.5. The number of azo groups is 1. The number of fused-ring (bicyclic) bond motifs is 1. The third kappa shape index (κ3) is 5.11. The molecule has 0 radical (unpaired) electrons. The molecule has 1 unspecified atom stereocenters. The summed E-state index contributed by atoms with van der Waals surface area (Å²) in [4.78, 5) is -2.37. The van der Waals surface area contributed by atoms with Crippen LogP contribution in [0.2, 0.25) is 0 Å². The Labute approximate surface area is 211 Å². The Bertz CT molecular complexity index is 1210. The van der Waals surface area contributed by atoms with Crippen LogP contribution < -0.4 is 51.4 Å². The average Bonchev–Trinajstić information content (AvgIpc) is 2.65. The molecule has 0 saturated carbocycles. The summed E-state index contributed by atoms with van der Waals surface area (Å²) in [5.41, 5.74) is -0.213. The van der Waals surface area contributed by atoms with Crippen LogP contribution in [0.15, 0.2) is 75.8 Å². The normalized spacial score (nSPS) is 19.5. The number of aliphatic hydroxyl groups is 1. The minimum atomic E-state index is -4.87. The number of aliphatic hydroxyl groups excluding tert-OH is 1. The van der Waals surface area contributed by atoms with Gasteiger partial charge in [-0.3, -0.25) is 0 Å². The Balaban J connectivity index is 0.00000300. The summed E-state index contributed by atoms with van der Waals surface area (Å²) in [5.74, 6) is -0.535. The van der Waals surface area contributed by atoms with Crippen molar-refractivity contribution >= 4 is 36.4 Å². The van der Waals surface area contributed by atoms with E-state index in [0.717, 1.165) is 6.07 Å². The van der Waals surface area contributed by atoms with E-state index >= 15 is 0 Å². The Hall–Kier alpha value is -0.764. The van der Waals surface area contributed by atoms with Crippen LogP contribution in [0.3, 0.4) is 0 Å². The predicted molar refractivity (Wildman–Crippen MR) is 103 cm³/mol. The molecule has 148 valence electrons. The molecule has 0 heterocycles. The van der Waals surface area contributed by atoms with E-state index in [2.05, 4.69) is 10.2 Å². The van der Waals surface area contributed by atoms with Crippen molar-refractivity contribution in [2.75, 3.05) is 12.4 Å². The minimum absolute atomic E-state index is 0. The zero-order valence-electron chi connectivity index (χ0n) is 15.6. The summed E-state index contributed by atoms with van der Waals surface area (Å²) in [5, 5.41) is 18.0. The van der Waals surface area contributed by atoms with Gasteiger partial charge in [0.1, 0.15) is 15.8 Å². The molecule has 0 saturated heterocycles. The van der Waals surface area contributed by atoms with E-state index in [0.29, 0.717) is 10.8 Å². The van der Waals surface area contributed by atoms with Crippen LogP contribution in [-0.4, -0.2) is 43.7 Å². The van der Waals surface area contributed by atoms with E-state index < -0.39 is 42.1 Å². The first-order valence-electron chi connectivity index (χ1n) is 8.28. The van der Waals surface area contributed by atoms with E-state index in [1.165, 1.54) is 18.2 Å². The first-order valence-corrected chi connectivity index (χ1v) is 11.3. The van der Waals surface area contributed by atoms with Gasteiger partial charge in [0.2, 0.25) is 4.87 Å². The van der Waals surface area contributed by atoms with Crippen molar-refractivity contribution in [3.63, 3.8) is 0 Å². The van der Waals surface area contributed by atoms with Crippen molar-refractivity contribution in [2.45, 2.75) is 16.2 Å². The standard InChI is InChI=1S/C18H18N2O6S2.K/c21-12-13-27(22,23)18(10-4-1-5-11-18)20-19-17-15-7-3-2-6-14(15)8-9-16(17)28(24,25)26;/h1-10,21H,11-13H2,(H,24,25,26);/q;+1/p-1. The number of sulfone groups is 1. The van der Waals surface area contributed by atoms with E-state index in [-0.39, 0.29) is 63.5 Å². The van der Waals surface area contributed by atoms with E-state index in [1.807, 2.05) is 0 Å². The topological polar surface area (TPSA) is 136 Å². The largest absolute Gasteiger partial charge is 1.00 e. The van der Waals surface area contributed by atoms with Crippen LogP contribution in [0.1, 0.15) is 6.42 Å². The Morgan fingerprint density at radius 3 is 2.41 bits per heavy atom. The number of rotatable bonds is 6. The third-order valence-corrected chi connectivity index (χ3v) is 7.41. The van der Waals surface area contributed by atoms with Crippen LogP contribution in [-0.2, 0) is 20.0 Å². The molecule has 1 N–H and O–H groups in total. The number of hydrogen-bond donors (Lipinski definition) is 1. The van der Waals surface area contributed by atoms with Crippen LogP contribution in [0, 0.1) is 0 Å². The number of allylic oxidation sites excluding steroid dienone is 2. The molecule has 11 heteroatoms. The fourth-order valence-corrected chi connectivity index (χ4v) is 4.95. The summed E-state index contributed by atoms with van der Waals surface area (Å²) in [6.07, 6.45) is 6.03. The van der Waals surface area contributed by atoms with Gasteiger partial charge in [0, 0.05) is 11.8 Å². The Kier molecular flexibility index (Phi) is 8.10. The molecule has 8 nitrogen and oxygen atoms in total. The van der Waals surface area contributed by atoms with Crippen LogP contribution in [0.25, 0.3) is 10.8 Å². The molecule has 0 spiro atoms. The first-order chi connectivity index (χ1) is 13.2. The predicted octanol–water partition coefficient (Wildman–Crippen LogP) is -0.549. The van der Waals surface area contributed by atoms with Gasteiger partial charge in [-0.25, -0.2) is 16.8 Å². The van der Waals surface area contributed by atoms with Crippen molar-refractivity contribution < 1.29 is 77.9 Å². The van der Waals surface area contributed by atoms with Crippen LogP contribution >= 0.6 is 0 Å². The van der Waals surface area contributed by atoms with Crippen molar-refractivity contribution in [1.29, 1.82) is 0 Å². The second-order valence-electron chi connectivity index (χ2n) is 6.17. The van der Waals surface area contributed by atoms with Gasteiger partial charge in [-0.2, -0.15) is 10.2 Å². The molecule has 0 bridgehead atoms. The zero-order valence-corrected chi connectivity index (χ0v) is 20.4. The average molecular weight is 461 g/mol. The van der Waals surface area contributed by atoms with Crippen molar-refractivity contribution in [2.24, 2.45) is 10.2 Å². The molecular weight excluding hydrogens is 443 g/mol. The quantitative estimate of drug-likeness (QED) is 0.349. The fraction of sp³-hybridized carbons (Fsp3) is 0.222. The Morgan fingerprint density at radius 1 is 1.07 bits per heavy atom. The fourth-order valence-electron chi connectivity index (χ4n) is 2.93. The van der Waals surface area contributed by atoms with Crippen molar-refractivity contribution in [1.82, 2.24) is 0 Å². The molecule has 0 aromatic heterocycles. The molecule has 1 atom stereocenters. The van der Waals surface area contributed by atoms with Gasteiger partial charge < -0.3 is 9.66 Å². The van der Waals surface area contributed by atoms with E-state index in [1.54, 1.807) is 36.4 Å². The maximum Gasteiger partial charge on any atom is 1.00 e. The summed E-state index contributed by atoms with van der Waals surface area (Å²) in [6, 6.07) is 9.26. The van der Waals surface area contributed by atoms with Crippen molar-refractivity contribution in [3.8, 4) is 0 Å². The molecule has 1 aliphatic rings. The Morgan fingerprint density at radius 2 is 1.79 bits per heavy atom. The number of hydrogen-bond acceptors (Lipinski definition) is 8. The maximum atomic E-state index is 12.7. The van der Waals surface area contributed by atoms with Crippen LogP contribution in [0.4, 0.5) is 5.69 Å². The van der Waals surface area contributed by atoms with Gasteiger partial charge in [-0.15, -0.1) is 0 Å². The molecule has 1 aliphatic carbocycles. The van der Waals surface area contributed by atoms with Crippen LogP contribution in [0.5, 0.6) is 0 Å². The summed E-state index contributed by atoms with van der Waals surface area (Å²) < 4.78 is 60.5.